The number of para-hydroxylation sites is 8. The molecule has 0 aliphatic carbocycles. The number of anilines is 5. The van der Waals surface area contributed by atoms with E-state index in [2.05, 4.69) is 89.6 Å². The summed E-state index contributed by atoms with van der Waals surface area (Å²) in [4.78, 5) is 133. The summed E-state index contributed by atoms with van der Waals surface area (Å²) in [6.45, 7) is 23.7. The number of aromatic amines is 1. The van der Waals surface area contributed by atoms with Gasteiger partial charge in [-0.05, 0) is 193 Å². The monoisotopic (exact) mass is 1950 g/mol. The highest BCUT2D eigenvalue weighted by molar-refractivity contribution is 6.35. The maximum atomic E-state index is 12.3. The second-order valence-corrected chi connectivity index (χ2v) is 33.3. The number of phenols is 3. The summed E-state index contributed by atoms with van der Waals surface area (Å²) in [6, 6.07) is 53.3. The van der Waals surface area contributed by atoms with E-state index in [1.165, 1.54) is 33.8 Å². The first-order valence-electron chi connectivity index (χ1n) is 45.1. The van der Waals surface area contributed by atoms with Gasteiger partial charge in [-0.25, -0.2) is 44.9 Å². The van der Waals surface area contributed by atoms with Crippen LogP contribution in [0.25, 0.3) is 106 Å². The number of hydrogen-bond acceptors (Lipinski definition) is 32. The van der Waals surface area contributed by atoms with Crippen LogP contribution in [0.3, 0.4) is 0 Å². The minimum Gasteiger partial charge on any atom is -0.508 e. The quantitative estimate of drug-likeness (QED) is 0.0189. The van der Waals surface area contributed by atoms with Gasteiger partial charge >= 0.3 is 23.9 Å². The van der Waals surface area contributed by atoms with Gasteiger partial charge in [0.1, 0.15) is 72.2 Å². The van der Waals surface area contributed by atoms with Crippen molar-refractivity contribution in [1.82, 2.24) is 122 Å². The van der Waals surface area contributed by atoms with Crippen molar-refractivity contribution in [2.24, 2.45) is 0 Å². The predicted octanol–water partition coefficient (Wildman–Crippen LogP) is 12.7. The minimum absolute atomic E-state index is 0.000774. The number of carboxylic acids is 1. The molecule has 7 aromatic carbocycles. The van der Waals surface area contributed by atoms with Gasteiger partial charge in [-0.15, -0.1) is 0 Å². The normalized spacial score (nSPS) is 13.2. The molecular formula is C96H97Cl3N30O11. The molecule has 19 aromatic rings. The molecule has 44 heteroatoms. The number of halogens is 3. The largest absolute Gasteiger partial charge is 0.508 e. The highest BCUT2D eigenvalue weighted by atomic mass is 35.5. The lowest BCUT2D eigenvalue weighted by atomic mass is 10.2. The van der Waals surface area contributed by atoms with Gasteiger partial charge in [0.15, 0.2) is 61.7 Å². The molecule has 0 spiro atoms. The van der Waals surface area contributed by atoms with E-state index in [-0.39, 0.29) is 71.3 Å². The average Bonchev–Trinajstić information content (AvgIpc) is 1.60. The lowest BCUT2D eigenvalue weighted by molar-refractivity contribution is -0.144. The summed E-state index contributed by atoms with van der Waals surface area (Å²) in [5.74, 6) is 4.85. The maximum Gasteiger partial charge on any atom is 0.326 e. The Morgan fingerprint density at radius 3 is 1.05 bits per heavy atom. The second-order valence-electron chi connectivity index (χ2n) is 32.3. The van der Waals surface area contributed by atoms with Gasteiger partial charge in [-0.1, -0.05) is 60.1 Å². The van der Waals surface area contributed by atoms with Crippen LogP contribution in [0.4, 0.5) is 29.0 Å². The lowest BCUT2D eigenvalue weighted by Crippen LogP contribution is -2.47. The van der Waals surface area contributed by atoms with Crippen molar-refractivity contribution in [2.45, 2.75) is 74.6 Å². The molecule has 0 bridgehead atoms. The molecule has 12 aromatic heterocycles. The Balaban J connectivity index is 0.000000122. The number of carboxylic acid groups (broad SMARTS) is 1. The Labute approximate surface area is 813 Å². The summed E-state index contributed by atoms with van der Waals surface area (Å²) in [6.07, 6.45) is 6.09. The molecule has 3 saturated heterocycles. The number of hydrogen-bond donors (Lipinski definition) is 6. The van der Waals surface area contributed by atoms with Crippen LogP contribution >= 0.6 is 34.8 Å². The zero-order valence-corrected chi connectivity index (χ0v) is 79.5. The number of esters is 3. The molecule has 0 amide bonds. The van der Waals surface area contributed by atoms with E-state index < -0.39 is 5.97 Å². The van der Waals surface area contributed by atoms with Gasteiger partial charge in [0.2, 0.25) is 22.5 Å². The smallest absolute Gasteiger partial charge is 0.326 e. The first kappa shape index (κ1) is 95.5. The Morgan fingerprint density at radius 2 is 0.671 bits per heavy atom. The molecule has 41 nitrogen and oxygen atoms in total. The van der Waals surface area contributed by atoms with Gasteiger partial charge in [-0.3, -0.25) is 32.9 Å². The van der Waals surface area contributed by atoms with Crippen LogP contribution in [-0.4, -0.2) is 259 Å². The standard InChI is InChI=1S/C27H28N8O3.C25H24N8O3.C17H15ClN6O2.C10H14N2O.C9H8Cl2N4O2.C8H8N2/c1-3-38-23(37)16-34-17-28-24-25(34)30-27(31-26(24)35-18(2)29-21-6-4-5-7-22(21)35)33-14-12-32(13-15-33)19-8-10-20(36)11-9-19;1-16-27-19-4-2-3-5-20(19)33(16)24-22-23(32(15-26-22)14-21(35)36)28-25(29-24)31-12-10-30(11-13-31)17-6-8-18(34)9-7-17;1-3-26-13(25)8-23-9-19-14-15(23)21-17(18)22-16(14)24-10(2)20-11-6-4-5-7-12(11)24;13-10-3-1-9(2-4-10)12-7-5-11-6-8-12;1-2-17-5(16)3-15-4-12-6-7(10)13-9(11)14-8(6)15;1-6-9-7-4-2-3-5-8(7)10-6/h4-11,17,36H,3,12-16H2,1-2H3;2-9,15,34H,10-14H2,1H3,(H,35,36);4-7,9H,3,8H2,1-2H3;1-4,11,13H,5-8H2;4H,2-3H2,1H3;2-5H,1H3,(H,9,10). The van der Waals surface area contributed by atoms with Crippen LogP contribution in [-0.2, 0) is 59.6 Å². The minimum atomic E-state index is -0.970. The molecule has 15 heterocycles. The summed E-state index contributed by atoms with van der Waals surface area (Å²) >= 11 is 17.7. The van der Waals surface area contributed by atoms with Crippen molar-refractivity contribution < 1.29 is 53.8 Å². The average molecular weight is 1950 g/mol. The van der Waals surface area contributed by atoms with Gasteiger partial charge in [0.05, 0.1) is 89.3 Å². The number of carbonyl (C=O) groups is 4. The van der Waals surface area contributed by atoms with Crippen LogP contribution in [0.2, 0.25) is 15.7 Å². The van der Waals surface area contributed by atoms with Gasteiger partial charge < -0.3 is 87.7 Å². The fourth-order valence-corrected chi connectivity index (χ4v) is 17.2. The molecule has 0 radical (unpaired) electrons. The Bertz CT molecular complexity index is 7640. The molecule has 3 aliphatic rings. The van der Waals surface area contributed by atoms with E-state index in [9.17, 15) is 34.5 Å². The zero-order chi connectivity index (χ0) is 97.8. The van der Waals surface area contributed by atoms with Crippen molar-refractivity contribution in [3.8, 4) is 34.7 Å². The van der Waals surface area contributed by atoms with E-state index in [1.54, 1.807) is 72.6 Å². The number of aryl methyl sites for hydroxylation is 4. The number of nitrogens with zero attached hydrogens (tertiary/aromatic N) is 28. The van der Waals surface area contributed by atoms with Gasteiger partial charge in [-0.2, -0.15) is 34.9 Å². The number of nitrogens with one attached hydrogen (secondary N) is 2. The van der Waals surface area contributed by atoms with E-state index in [1.807, 2.05) is 175 Å². The third-order valence-corrected chi connectivity index (χ3v) is 23.6. The zero-order valence-electron chi connectivity index (χ0n) is 77.2. The van der Waals surface area contributed by atoms with Gasteiger partial charge in [0.25, 0.3) is 0 Å². The number of imidazole rings is 8. The molecule has 0 unspecified atom stereocenters. The molecule has 0 saturated carbocycles. The number of aliphatic carboxylic acids is 1. The number of rotatable bonds is 19. The van der Waals surface area contributed by atoms with Crippen molar-refractivity contribution in [1.29, 1.82) is 0 Å². The van der Waals surface area contributed by atoms with Crippen LogP contribution < -0.4 is 29.8 Å². The number of fused-ring (bicyclic) bond motifs is 8. The Morgan fingerprint density at radius 1 is 0.350 bits per heavy atom. The number of aromatic hydroxyl groups is 3. The number of carbonyl (C=O) groups excluding carboxylic acids is 3. The van der Waals surface area contributed by atoms with E-state index >= 15 is 0 Å². The maximum absolute atomic E-state index is 12.3. The van der Waals surface area contributed by atoms with Crippen molar-refractivity contribution >= 4 is 176 Å². The molecule has 22 rings (SSSR count). The molecule has 140 heavy (non-hydrogen) atoms. The third-order valence-electron chi connectivity index (χ3n) is 23.0. The molecule has 718 valence electrons. The van der Waals surface area contributed by atoms with Crippen LogP contribution in [0.15, 0.2) is 195 Å². The third kappa shape index (κ3) is 21.6. The molecule has 6 N–H and O–H groups in total. The lowest BCUT2D eigenvalue weighted by Gasteiger charge is -2.36. The number of phenolic OH excluding ortho intramolecular Hbond substituents is 3. The molecule has 3 fully saturated rings. The first-order valence-corrected chi connectivity index (χ1v) is 46.2. The fraction of sp³-hybridized carbons (Fsp3) is 0.271. The SMILES string of the molecule is CCOC(=O)Cn1cnc2c(-n3c(C)nc4ccccc43)nc(Cl)nc21.CCOC(=O)Cn1cnc2c(-n3c(C)nc4ccccc43)nc(N3CCN(c4ccc(O)cc4)CC3)nc21.CCOC(=O)Cn1cnc2c(Cl)nc(Cl)nc21.Cc1nc2ccccc2[nH]1.Cc1nc2ccccc2n1-c1nc(N2CCN(c3ccc(O)cc3)CC2)nc2c1ncn2CC(=O)O.Oc1ccc(N2CCNCC2)cc1. The second kappa shape index (κ2) is 43.0. The van der Waals surface area contributed by atoms with Crippen molar-refractivity contribution in [3.05, 3.63) is 234 Å². The van der Waals surface area contributed by atoms with E-state index in [0.29, 0.717) is 126 Å². The number of piperazine rings is 3. The number of ether oxygens (including phenoxy) is 3. The molecular weight excluding hydrogens is 1860 g/mol. The number of benzene rings is 7. The van der Waals surface area contributed by atoms with Crippen LogP contribution in [0.1, 0.15) is 44.1 Å². The first-order chi connectivity index (χ1) is 67.9. The van der Waals surface area contributed by atoms with Crippen molar-refractivity contribution in [3.63, 3.8) is 0 Å². The number of aromatic nitrogens is 24. The highest BCUT2D eigenvalue weighted by Crippen LogP contribution is 2.34. The Kier molecular flexibility index (Phi) is 29.3. The van der Waals surface area contributed by atoms with E-state index in [4.69, 9.17) is 79.0 Å². The summed E-state index contributed by atoms with van der Waals surface area (Å²) in [7, 11) is 0. The van der Waals surface area contributed by atoms with Gasteiger partial charge in [0, 0.05) is 95.6 Å². The highest BCUT2D eigenvalue weighted by Gasteiger charge is 2.30. The van der Waals surface area contributed by atoms with Crippen LogP contribution in [0, 0.1) is 27.7 Å². The van der Waals surface area contributed by atoms with E-state index in [0.717, 1.165) is 131 Å². The predicted molar refractivity (Wildman–Crippen MR) is 531 cm³/mol. The summed E-state index contributed by atoms with van der Waals surface area (Å²) in [5, 5.41) is 41.3. The number of H-pyrrole nitrogens is 1. The Hall–Kier alpha value is -16.3. The van der Waals surface area contributed by atoms with Crippen molar-refractivity contribution in [2.75, 3.05) is 123 Å². The summed E-state index contributed by atoms with van der Waals surface area (Å²) < 4.78 is 27.2. The van der Waals surface area contributed by atoms with Crippen LogP contribution in [0.5, 0.6) is 17.2 Å². The fourth-order valence-electron chi connectivity index (χ4n) is 16.6. The topological polar surface area (TPSA) is 462 Å². The molecule has 0 atom stereocenters. The summed E-state index contributed by atoms with van der Waals surface area (Å²) in [5.41, 5.74) is 14.7. The molecule has 3 aliphatic heterocycles.